The Morgan fingerprint density at radius 3 is 2.84 bits per heavy atom. The molecule has 1 aromatic heterocycles. The van der Waals surface area contributed by atoms with E-state index in [1.807, 2.05) is 18.5 Å². The number of rotatable bonds is 6. The van der Waals surface area contributed by atoms with Crippen LogP contribution >= 0.6 is 0 Å². The van der Waals surface area contributed by atoms with E-state index in [1.54, 1.807) is 0 Å². The second-order valence-corrected chi connectivity index (χ2v) is 5.45. The standard InChI is InChI=1S/C15H26N4/c1-18(9-4-14-3-2-8-17-13-14)15-5-10-19(11-6-15)12-7-16/h2-3,8,13,15H,4-7,9-12,16H2,1H3. The van der Waals surface area contributed by atoms with Gasteiger partial charge < -0.3 is 15.5 Å². The number of likely N-dealkylation sites (N-methyl/N-ethyl adjacent to an activating group) is 1. The molecule has 1 aliphatic heterocycles. The van der Waals surface area contributed by atoms with Crippen molar-refractivity contribution in [2.24, 2.45) is 5.73 Å². The van der Waals surface area contributed by atoms with Crippen LogP contribution in [0.5, 0.6) is 0 Å². The highest BCUT2D eigenvalue weighted by Crippen LogP contribution is 2.15. The third-order valence-electron chi connectivity index (χ3n) is 4.10. The lowest BCUT2D eigenvalue weighted by molar-refractivity contribution is 0.131. The van der Waals surface area contributed by atoms with Gasteiger partial charge in [0.05, 0.1) is 0 Å². The Morgan fingerprint density at radius 2 is 2.21 bits per heavy atom. The van der Waals surface area contributed by atoms with E-state index in [2.05, 4.69) is 27.9 Å². The Balaban J connectivity index is 1.71. The molecule has 0 aromatic carbocycles. The van der Waals surface area contributed by atoms with Crippen molar-refractivity contribution >= 4 is 0 Å². The summed E-state index contributed by atoms with van der Waals surface area (Å²) in [6.45, 7) is 5.33. The number of likely N-dealkylation sites (tertiary alicyclic amines) is 1. The highest BCUT2D eigenvalue weighted by Gasteiger charge is 2.21. The zero-order valence-corrected chi connectivity index (χ0v) is 12.0. The van der Waals surface area contributed by atoms with Crippen molar-refractivity contribution < 1.29 is 0 Å². The van der Waals surface area contributed by atoms with Gasteiger partial charge in [-0.25, -0.2) is 0 Å². The van der Waals surface area contributed by atoms with Crippen LogP contribution in [-0.4, -0.2) is 60.6 Å². The largest absolute Gasteiger partial charge is 0.329 e. The number of nitrogens with two attached hydrogens (primary N) is 1. The number of pyridine rings is 1. The van der Waals surface area contributed by atoms with Crippen molar-refractivity contribution in [3.8, 4) is 0 Å². The normalized spacial score (nSPS) is 18.1. The molecule has 1 fully saturated rings. The lowest BCUT2D eigenvalue weighted by Gasteiger charge is -2.36. The van der Waals surface area contributed by atoms with E-state index in [-0.39, 0.29) is 0 Å². The van der Waals surface area contributed by atoms with Crippen molar-refractivity contribution in [2.45, 2.75) is 25.3 Å². The van der Waals surface area contributed by atoms with Crippen LogP contribution in [0, 0.1) is 0 Å². The Bertz CT molecular complexity index is 346. The molecule has 4 nitrogen and oxygen atoms in total. The van der Waals surface area contributed by atoms with Gasteiger partial charge in [0.15, 0.2) is 0 Å². The monoisotopic (exact) mass is 262 g/mol. The molecule has 4 heteroatoms. The molecule has 106 valence electrons. The maximum absolute atomic E-state index is 5.61. The van der Waals surface area contributed by atoms with Crippen LogP contribution in [0.25, 0.3) is 0 Å². The molecule has 1 aromatic rings. The van der Waals surface area contributed by atoms with E-state index >= 15 is 0 Å². The van der Waals surface area contributed by atoms with Gasteiger partial charge in [0.2, 0.25) is 0 Å². The van der Waals surface area contributed by atoms with Gasteiger partial charge in [-0.15, -0.1) is 0 Å². The summed E-state index contributed by atoms with van der Waals surface area (Å²) < 4.78 is 0. The number of piperidine rings is 1. The van der Waals surface area contributed by atoms with Gasteiger partial charge >= 0.3 is 0 Å². The molecule has 0 atom stereocenters. The molecule has 0 unspecified atom stereocenters. The molecule has 0 saturated carbocycles. The third kappa shape index (κ3) is 4.56. The van der Waals surface area contributed by atoms with Crippen LogP contribution in [0.4, 0.5) is 0 Å². The fraction of sp³-hybridized carbons (Fsp3) is 0.667. The van der Waals surface area contributed by atoms with E-state index < -0.39 is 0 Å². The molecule has 1 saturated heterocycles. The summed E-state index contributed by atoms with van der Waals surface area (Å²) in [5, 5.41) is 0. The summed E-state index contributed by atoms with van der Waals surface area (Å²) in [7, 11) is 2.25. The predicted octanol–water partition coefficient (Wildman–Crippen LogP) is 0.979. The number of aromatic nitrogens is 1. The van der Waals surface area contributed by atoms with Crippen molar-refractivity contribution in [3.63, 3.8) is 0 Å². The maximum atomic E-state index is 5.61. The Labute approximate surface area is 116 Å². The van der Waals surface area contributed by atoms with Gasteiger partial charge in [-0.2, -0.15) is 0 Å². The van der Waals surface area contributed by atoms with E-state index in [9.17, 15) is 0 Å². The average molecular weight is 262 g/mol. The van der Waals surface area contributed by atoms with E-state index in [1.165, 1.54) is 31.5 Å². The molecule has 0 aliphatic carbocycles. The molecule has 2 heterocycles. The summed E-state index contributed by atoms with van der Waals surface area (Å²) in [6.07, 6.45) is 7.43. The van der Waals surface area contributed by atoms with Crippen molar-refractivity contribution in [1.29, 1.82) is 0 Å². The molecule has 2 N–H and O–H groups in total. The fourth-order valence-corrected chi connectivity index (χ4v) is 2.80. The second kappa shape index (κ2) is 7.58. The van der Waals surface area contributed by atoms with Gasteiger partial charge in [-0.1, -0.05) is 6.07 Å². The second-order valence-electron chi connectivity index (χ2n) is 5.45. The Kier molecular flexibility index (Phi) is 5.76. The van der Waals surface area contributed by atoms with Crippen LogP contribution in [0.3, 0.4) is 0 Å². The minimum absolute atomic E-state index is 0.727. The zero-order valence-electron chi connectivity index (χ0n) is 12.0. The molecular weight excluding hydrogens is 236 g/mol. The molecule has 19 heavy (non-hydrogen) atoms. The highest BCUT2D eigenvalue weighted by atomic mass is 15.2. The van der Waals surface area contributed by atoms with Crippen LogP contribution in [-0.2, 0) is 6.42 Å². The molecular formula is C15H26N4. The maximum Gasteiger partial charge on any atom is 0.0300 e. The summed E-state index contributed by atoms with van der Waals surface area (Å²) in [5.41, 5.74) is 6.94. The lowest BCUT2D eigenvalue weighted by atomic mass is 10.0. The zero-order chi connectivity index (χ0) is 13.5. The molecule has 1 aliphatic rings. The summed E-state index contributed by atoms with van der Waals surface area (Å²) in [4.78, 5) is 9.15. The first-order valence-electron chi connectivity index (χ1n) is 7.31. The number of hydrogen-bond acceptors (Lipinski definition) is 4. The summed E-state index contributed by atoms with van der Waals surface area (Å²) in [6, 6.07) is 4.90. The number of hydrogen-bond donors (Lipinski definition) is 1. The SMILES string of the molecule is CN(CCc1cccnc1)C1CCN(CCN)CC1. The topological polar surface area (TPSA) is 45.4 Å². The van der Waals surface area contributed by atoms with Gasteiger partial charge in [-0.05, 0) is 51.0 Å². The molecule has 0 radical (unpaired) electrons. The summed E-state index contributed by atoms with van der Waals surface area (Å²) in [5.74, 6) is 0. The quantitative estimate of drug-likeness (QED) is 0.830. The van der Waals surface area contributed by atoms with Gasteiger partial charge in [-0.3, -0.25) is 4.98 Å². The minimum Gasteiger partial charge on any atom is -0.329 e. The van der Waals surface area contributed by atoms with E-state index in [4.69, 9.17) is 5.73 Å². The first-order chi connectivity index (χ1) is 9.29. The van der Waals surface area contributed by atoms with Gasteiger partial charge in [0.1, 0.15) is 0 Å². The van der Waals surface area contributed by atoms with Gasteiger partial charge in [0.25, 0.3) is 0 Å². The molecule has 0 amide bonds. The Morgan fingerprint density at radius 1 is 1.42 bits per heavy atom. The first-order valence-corrected chi connectivity index (χ1v) is 7.31. The van der Waals surface area contributed by atoms with Crippen molar-refractivity contribution in [1.82, 2.24) is 14.8 Å². The van der Waals surface area contributed by atoms with Crippen LogP contribution < -0.4 is 5.73 Å². The lowest BCUT2D eigenvalue weighted by Crippen LogP contribution is -2.45. The minimum atomic E-state index is 0.727. The van der Waals surface area contributed by atoms with E-state index in [0.29, 0.717) is 0 Å². The smallest absolute Gasteiger partial charge is 0.0300 e. The first kappa shape index (κ1) is 14.4. The predicted molar refractivity (Wildman–Crippen MR) is 79.1 cm³/mol. The van der Waals surface area contributed by atoms with Crippen molar-refractivity contribution in [3.05, 3.63) is 30.1 Å². The molecule has 0 spiro atoms. The van der Waals surface area contributed by atoms with Crippen LogP contribution in [0.2, 0.25) is 0 Å². The fourth-order valence-electron chi connectivity index (χ4n) is 2.80. The van der Waals surface area contributed by atoms with Crippen LogP contribution in [0.15, 0.2) is 24.5 Å². The average Bonchev–Trinajstić information content (AvgIpc) is 2.47. The number of nitrogens with zero attached hydrogens (tertiary/aromatic N) is 3. The Hall–Kier alpha value is -0.970. The van der Waals surface area contributed by atoms with Crippen LogP contribution in [0.1, 0.15) is 18.4 Å². The van der Waals surface area contributed by atoms with Gasteiger partial charge in [0, 0.05) is 38.1 Å². The molecule has 2 rings (SSSR count). The van der Waals surface area contributed by atoms with E-state index in [0.717, 1.165) is 32.1 Å². The van der Waals surface area contributed by atoms with Crippen molar-refractivity contribution in [2.75, 3.05) is 39.8 Å². The summed E-state index contributed by atoms with van der Waals surface area (Å²) >= 11 is 0. The highest BCUT2D eigenvalue weighted by molar-refractivity contribution is 5.08. The molecule has 0 bridgehead atoms. The third-order valence-corrected chi connectivity index (χ3v) is 4.10.